The van der Waals surface area contributed by atoms with Crippen molar-refractivity contribution in [2.45, 2.75) is 19.9 Å². The fraction of sp³-hybridized carbons (Fsp3) is 0.211. The third-order valence-corrected chi connectivity index (χ3v) is 3.82. The summed E-state index contributed by atoms with van der Waals surface area (Å²) in [6, 6.07) is 9.62. The van der Waals surface area contributed by atoms with Gasteiger partial charge in [0.25, 0.3) is 5.91 Å². The number of nitrogens with one attached hydrogen (secondary N) is 1. The maximum Gasteiger partial charge on any atom is 0.273 e. The average molecular weight is 354 g/mol. The zero-order valence-electron chi connectivity index (χ0n) is 14.6. The molecule has 1 aromatic carbocycles. The average Bonchev–Trinajstić information content (AvgIpc) is 3.06. The fourth-order valence-corrected chi connectivity index (χ4v) is 2.58. The minimum atomic E-state index is -0.454. The molecule has 134 valence electrons. The zero-order valence-corrected chi connectivity index (χ0v) is 14.6. The number of aryl methyl sites for hydroxylation is 1. The van der Waals surface area contributed by atoms with Crippen LogP contribution in [0, 0.1) is 5.82 Å². The summed E-state index contributed by atoms with van der Waals surface area (Å²) in [5, 5.41) is 7.19. The van der Waals surface area contributed by atoms with Gasteiger partial charge in [0.1, 0.15) is 17.3 Å². The van der Waals surface area contributed by atoms with E-state index in [4.69, 9.17) is 4.74 Å². The van der Waals surface area contributed by atoms with E-state index in [0.29, 0.717) is 34.9 Å². The van der Waals surface area contributed by atoms with Crippen molar-refractivity contribution >= 4 is 11.6 Å². The second-order valence-corrected chi connectivity index (χ2v) is 5.68. The Morgan fingerprint density at radius 3 is 2.81 bits per heavy atom. The number of carbonyl (C=O) groups is 1. The SMILES string of the molecule is CCCn1nc(-c2ccc(OC)cc2F)cc1C(=O)Nc1cccnc1. The van der Waals surface area contributed by atoms with E-state index in [-0.39, 0.29) is 5.91 Å². The largest absolute Gasteiger partial charge is 0.497 e. The zero-order chi connectivity index (χ0) is 18.5. The first-order chi connectivity index (χ1) is 12.6. The van der Waals surface area contributed by atoms with Crippen molar-refractivity contribution < 1.29 is 13.9 Å². The van der Waals surface area contributed by atoms with E-state index in [1.165, 1.54) is 13.2 Å². The number of hydrogen-bond donors (Lipinski definition) is 1. The van der Waals surface area contributed by atoms with Gasteiger partial charge >= 0.3 is 0 Å². The molecule has 6 nitrogen and oxygen atoms in total. The summed E-state index contributed by atoms with van der Waals surface area (Å²) in [5.41, 5.74) is 1.66. The van der Waals surface area contributed by atoms with Crippen LogP contribution in [0.5, 0.6) is 5.75 Å². The van der Waals surface area contributed by atoms with Crippen molar-refractivity contribution in [3.05, 3.63) is 60.3 Å². The van der Waals surface area contributed by atoms with Gasteiger partial charge < -0.3 is 10.1 Å². The van der Waals surface area contributed by atoms with E-state index < -0.39 is 5.82 Å². The molecule has 0 aliphatic heterocycles. The Morgan fingerprint density at radius 2 is 2.15 bits per heavy atom. The lowest BCUT2D eigenvalue weighted by Gasteiger charge is -2.06. The number of ether oxygens (including phenoxy) is 1. The Bertz CT molecular complexity index is 909. The highest BCUT2D eigenvalue weighted by molar-refractivity contribution is 6.03. The second kappa shape index (κ2) is 7.77. The molecule has 7 heteroatoms. The number of benzene rings is 1. The lowest BCUT2D eigenvalue weighted by molar-refractivity contribution is 0.101. The van der Waals surface area contributed by atoms with Crippen molar-refractivity contribution in [1.82, 2.24) is 14.8 Å². The van der Waals surface area contributed by atoms with E-state index in [1.54, 1.807) is 47.4 Å². The van der Waals surface area contributed by atoms with Gasteiger partial charge in [-0.25, -0.2) is 4.39 Å². The molecule has 0 fully saturated rings. The van der Waals surface area contributed by atoms with Crippen LogP contribution in [0.2, 0.25) is 0 Å². The van der Waals surface area contributed by atoms with Gasteiger partial charge in [-0.15, -0.1) is 0 Å². The van der Waals surface area contributed by atoms with Gasteiger partial charge in [0, 0.05) is 24.4 Å². The summed E-state index contributed by atoms with van der Waals surface area (Å²) < 4.78 is 21.0. The minimum Gasteiger partial charge on any atom is -0.497 e. The number of halogens is 1. The standard InChI is InChI=1S/C19H19FN4O2/c1-3-9-24-18(19(25)22-13-5-4-8-21-12-13)11-17(23-24)15-7-6-14(26-2)10-16(15)20/h4-8,10-12H,3,9H2,1-2H3,(H,22,25). The topological polar surface area (TPSA) is 69.0 Å². The van der Waals surface area contributed by atoms with Gasteiger partial charge in [0.15, 0.2) is 0 Å². The Morgan fingerprint density at radius 1 is 1.31 bits per heavy atom. The molecule has 2 heterocycles. The Balaban J connectivity index is 1.94. The maximum absolute atomic E-state index is 14.4. The van der Waals surface area contributed by atoms with Crippen molar-refractivity contribution in [3.63, 3.8) is 0 Å². The van der Waals surface area contributed by atoms with Crippen LogP contribution in [-0.2, 0) is 6.54 Å². The van der Waals surface area contributed by atoms with Gasteiger partial charge in [0.2, 0.25) is 0 Å². The number of aromatic nitrogens is 3. The third-order valence-electron chi connectivity index (χ3n) is 3.82. The van der Waals surface area contributed by atoms with Crippen LogP contribution in [0.4, 0.5) is 10.1 Å². The van der Waals surface area contributed by atoms with Crippen LogP contribution >= 0.6 is 0 Å². The van der Waals surface area contributed by atoms with Crippen LogP contribution in [0.25, 0.3) is 11.3 Å². The Labute approximate surface area is 150 Å². The number of rotatable bonds is 6. The number of hydrogen-bond acceptors (Lipinski definition) is 4. The molecular formula is C19H19FN4O2. The first-order valence-corrected chi connectivity index (χ1v) is 8.25. The van der Waals surface area contributed by atoms with Gasteiger partial charge in [-0.3, -0.25) is 14.5 Å². The van der Waals surface area contributed by atoms with Crippen LogP contribution in [0.15, 0.2) is 48.8 Å². The monoisotopic (exact) mass is 354 g/mol. The summed E-state index contributed by atoms with van der Waals surface area (Å²) in [6.07, 6.45) is 3.98. The van der Waals surface area contributed by atoms with Gasteiger partial charge in [0.05, 0.1) is 24.7 Å². The summed E-state index contributed by atoms with van der Waals surface area (Å²) in [6.45, 7) is 2.53. The number of methoxy groups -OCH3 is 1. The Kier molecular flexibility index (Phi) is 5.26. The highest BCUT2D eigenvalue weighted by Gasteiger charge is 2.18. The summed E-state index contributed by atoms with van der Waals surface area (Å²) >= 11 is 0. The van der Waals surface area contributed by atoms with Crippen molar-refractivity contribution in [3.8, 4) is 17.0 Å². The highest BCUT2D eigenvalue weighted by atomic mass is 19.1. The molecule has 0 bridgehead atoms. The van der Waals surface area contributed by atoms with Crippen LogP contribution in [-0.4, -0.2) is 27.8 Å². The van der Waals surface area contributed by atoms with Crippen LogP contribution in [0.3, 0.4) is 0 Å². The third kappa shape index (κ3) is 3.72. The first kappa shape index (κ1) is 17.6. The molecule has 0 saturated carbocycles. The molecule has 0 unspecified atom stereocenters. The molecule has 0 aliphatic carbocycles. The molecule has 0 atom stereocenters. The predicted octanol–water partition coefficient (Wildman–Crippen LogP) is 3.76. The van der Waals surface area contributed by atoms with E-state index in [1.807, 2.05) is 6.92 Å². The van der Waals surface area contributed by atoms with Crippen molar-refractivity contribution in [1.29, 1.82) is 0 Å². The number of amides is 1. The minimum absolute atomic E-state index is 0.316. The van der Waals surface area contributed by atoms with Crippen LogP contribution in [0.1, 0.15) is 23.8 Å². The molecule has 3 aromatic rings. The van der Waals surface area contributed by atoms with E-state index >= 15 is 0 Å². The molecular weight excluding hydrogens is 335 g/mol. The number of pyridine rings is 1. The van der Waals surface area contributed by atoms with Crippen molar-refractivity contribution in [2.75, 3.05) is 12.4 Å². The molecule has 0 aliphatic rings. The number of anilines is 1. The maximum atomic E-state index is 14.4. The lowest BCUT2D eigenvalue weighted by atomic mass is 10.1. The number of carbonyl (C=O) groups excluding carboxylic acids is 1. The van der Waals surface area contributed by atoms with Gasteiger partial charge in [-0.2, -0.15) is 5.10 Å². The molecule has 26 heavy (non-hydrogen) atoms. The van der Waals surface area contributed by atoms with Gasteiger partial charge in [-0.1, -0.05) is 6.92 Å². The second-order valence-electron chi connectivity index (χ2n) is 5.68. The highest BCUT2D eigenvalue weighted by Crippen LogP contribution is 2.26. The molecule has 2 aromatic heterocycles. The predicted molar refractivity (Wildman–Crippen MR) is 96.7 cm³/mol. The fourth-order valence-electron chi connectivity index (χ4n) is 2.58. The summed E-state index contributed by atoms with van der Waals surface area (Å²) in [4.78, 5) is 16.6. The molecule has 1 amide bonds. The van der Waals surface area contributed by atoms with E-state index in [2.05, 4.69) is 15.4 Å². The van der Waals surface area contributed by atoms with E-state index in [9.17, 15) is 9.18 Å². The molecule has 1 N–H and O–H groups in total. The normalized spacial score (nSPS) is 10.6. The molecule has 0 radical (unpaired) electrons. The number of nitrogens with zero attached hydrogens (tertiary/aromatic N) is 3. The van der Waals surface area contributed by atoms with E-state index in [0.717, 1.165) is 6.42 Å². The summed E-state index contributed by atoms with van der Waals surface area (Å²) in [5.74, 6) is -0.349. The molecule has 0 saturated heterocycles. The lowest BCUT2D eigenvalue weighted by Crippen LogP contribution is -2.17. The smallest absolute Gasteiger partial charge is 0.273 e. The Hall–Kier alpha value is -3.22. The molecule has 0 spiro atoms. The quantitative estimate of drug-likeness (QED) is 0.732. The summed E-state index contributed by atoms with van der Waals surface area (Å²) in [7, 11) is 1.48. The van der Waals surface area contributed by atoms with Crippen LogP contribution < -0.4 is 10.1 Å². The molecule has 3 rings (SSSR count). The van der Waals surface area contributed by atoms with Crippen molar-refractivity contribution in [2.24, 2.45) is 0 Å². The van der Waals surface area contributed by atoms with Gasteiger partial charge in [-0.05, 0) is 36.8 Å². The first-order valence-electron chi connectivity index (χ1n) is 8.25.